The minimum absolute atomic E-state index is 0. The van der Waals surface area contributed by atoms with E-state index in [1.165, 1.54) is 39.4 Å². The lowest BCUT2D eigenvalue weighted by molar-refractivity contribution is 0.0593. The fourth-order valence-corrected chi connectivity index (χ4v) is 5.64. The van der Waals surface area contributed by atoms with Gasteiger partial charge in [0.2, 0.25) is 5.95 Å². The predicted molar refractivity (Wildman–Crippen MR) is 268 cm³/mol. The summed E-state index contributed by atoms with van der Waals surface area (Å²) in [5, 5.41) is 8.36. The number of anilines is 3. The third-order valence-corrected chi connectivity index (χ3v) is 10.0. The van der Waals surface area contributed by atoms with Gasteiger partial charge in [0, 0.05) is 53.7 Å². The number of ether oxygens (including phenoxy) is 1. The maximum absolute atomic E-state index is 12.7. The van der Waals surface area contributed by atoms with Crippen molar-refractivity contribution < 1.29 is 28.3 Å². The van der Waals surface area contributed by atoms with Crippen molar-refractivity contribution in [1.82, 2.24) is 40.9 Å². The Morgan fingerprint density at radius 1 is 0.646 bits per heavy atom. The van der Waals surface area contributed by atoms with Crippen LogP contribution in [0.5, 0.6) is 0 Å². The highest BCUT2D eigenvalue weighted by atomic mass is 79.9. The van der Waals surface area contributed by atoms with Crippen LogP contribution in [-0.4, -0.2) is 76.9 Å². The molecular formula is C42H46Br3Cl3FN11O5. The normalized spacial score (nSPS) is 9.42. The summed E-state index contributed by atoms with van der Waals surface area (Å²) in [6, 6.07) is 21.4. The molecule has 23 heteroatoms. The van der Waals surface area contributed by atoms with Crippen molar-refractivity contribution in [2.75, 3.05) is 45.5 Å². The predicted octanol–water partition coefficient (Wildman–Crippen LogP) is 9.65. The van der Waals surface area contributed by atoms with Gasteiger partial charge in [-0.1, -0.05) is 55.7 Å². The van der Waals surface area contributed by atoms with Gasteiger partial charge in [-0.15, -0.1) is 0 Å². The molecule has 0 saturated carbocycles. The first-order valence-corrected chi connectivity index (χ1v) is 21.0. The van der Waals surface area contributed by atoms with E-state index in [-0.39, 0.29) is 48.3 Å². The Morgan fingerprint density at radius 3 is 1.58 bits per heavy atom. The van der Waals surface area contributed by atoms with Crippen LogP contribution in [0, 0.1) is 12.9 Å². The largest absolute Gasteiger partial charge is 0.464 e. The van der Waals surface area contributed by atoms with Crippen molar-refractivity contribution >= 4 is 124 Å². The van der Waals surface area contributed by atoms with Gasteiger partial charge in [-0.05, 0) is 128 Å². The molecule has 5 heterocycles. The van der Waals surface area contributed by atoms with Crippen LogP contribution in [0.25, 0.3) is 11.1 Å². The number of carbonyl (C=O) groups is 4. The van der Waals surface area contributed by atoms with Crippen LogP contribution >= 0.6 is 82.6 Å². The Morgan fingerprint density at radius 2 is 1.15 bits per heavy atom. The van der Waals surface area contributed by atoms with Crippen molar-refractivity contribution in [2.45, 2.75) is 21.8 Å². The molecule has 0 radical (unpaired) electrons. The Bertz CT molecular complexity index is 2470. The van der Waals surface area contributed by atoms with Crippen LogP contribution in [0.3, 0.4) is 0 Å². The Kier molecular flexibility index (Phi) is 27.3. The minimum atomic E-state index is -0.684. The molecule has 0 aliphatic carbocycles. The van der Waals surface area contributed by atoms with E-state index in [4.69, 9.17) is 52.0 Å². The van der Waals surface area contributed by atoms with Gasteiger partial charge in [0.25, 0.3) is 17.7 Å². The molecule has 6 aromatic rings. The number of pyridine rings is 5. The number of aryl methyl sites for hydroxylation is 1. The van der Waals surface area contributed by atoms with E-state index in [1.54, 1.807) is 61.8 Å². The lowest BCUT2D eigenvalue weighted by Gasteiger charge is -2.10. The molecule has 0 spiro atoms. The summed E-state index contributed by atoms with van der Waals surface area (Å²) in [6.07, 6.45) is 1.55. The molecule has 0 atom stereocenters. The first-order chi connectivity index (χ1) is 29.8. The standard InChI is InChI=1S/C13H10Cl3N3O.C7H6BrFN2O.C7H8BrN3O.C7H6BrNO2.C6H8N2.2CH4/c1-18-13(20)10-3-2-7(12(17)19-10)8-4-6(14)5-9(15)11(8)16;2*1-10-7(12)5-3-2-4(8)6(9)11-5;1-11-7(10)6-3-2-5(8)4-9-6;1-5-3-2-4-6(7)8-5;;/h2-5H,1H3,(H2,17,19)(H,18,20);2-3H,1H3,(H,10,12);2-3H,1H3,(H2,9,11)(H,10,12);2-4H,1H3;2-4H,1H3,(H2,7,8);2*1H4. The van der Waals surface area contributed by atoms with Crippen LogP contribution in [0.1, 0.15) is 62.5 Å². The van der Waals surface area contributed by atoms with E-state index < -0.39 is 17.8 Å². The van der Waals surface area contributed by atoms with Gasteiger partial charge in [-0.2, -0.15) is 4.39 Å². The monoisotopic (exact) mass is 1150 g/mol. The number of carbonyl (C=O) groups excluding carboxylic acids is 4. The van der Waals surface area contributed by atoms with Crippen LogP contribution in [0.4, 0.5) is 21.8 Å². The summed E-state index contributed by atoms with van der Waals surface area (Å²) < 4.78 is 19.0. The van der Waals surface area contributed by atoms with Crippen LogP contribution in [0.2, 0.25) is 15.1 Å². The molecule has 0 bridgehead atoms. The van der Waals surface area contributed by atoms with Gasteiger partial charge in [0.15, 0.2) is 0 Å². The number of hydrogen-bond acceptors (Lipinski definition) is 13. The van der Waals surface area contributed by atoms with E-state index in [2.05, 4.69) is 93.4 Å². The van der Waals surface area contributed by atoms with Gasteiger partial charge < -0.3 is 37.9 Å². The number of esters is 1. The van der Waals surface area contributed by atoms with Crippen molar-refractivity contribution in [2.24, 2.45) is 0 Å². The maximum atomic E-state index is 12.7. The maximum Gasteiger partial charge on any atom is 0.356 e. The fraction of sp³-hybridized carbons (Fsp3) is 0.167. The number of amides is 3. The second kappa shape index (κ2) is 29.8. The quantitative estimate of drug-likeness (QED) is 0.0535. The molecular weight excluding hydrogens is 1100 g/mol. The molecule has 0 aliphatic heterocycles. The average molecular weight is 1150 g/mol. The highest BCUT2D eigenvalue weighted by Gasteiger charge is 2.15. The molecule has 3 amide bonds. The van der Waals surface area contributed by atoms with E-state index in [0.717, 1.165) is 10.2 Å². The number of benzene rings is 1. The van der Waals surface area contributed by atoms with Crippen molar-refractivity contribution in [1.29, 1.82) is 0 Å². The van der Waals surface area contributed by atoms with Crippen molar-refractivity contribution in [3.05, 3.63) is 148 Å². The third-order valence-electron chi connectivity index (χ3n) is 7.30. The van der Waals surface area contributed by atoms with Gasteiger partial charge in [0.05, 0.1) is 26.1 Å². The summed E-state index contributed by atoms with van der Waals surface area (Å²) >= 11 is 27.4. The molecule has 6 rings (SSSR count). The van der Waals surface area contributed by atoms with Crippen molar-refractivity contribution in [3.8, 4) is 11.1 Å². The van der Waals surface area contributed by atoms with Gasteiger partial charge in [-0.3, -0.25) is 14.4 Å². The van der Waals surface area contributed by atoms with Crippen LogP contribution < -0.4 is 33.2 Å². The second-order valence-electron chi connectivity index (χ2n) is 11.7. The number of methoxy groups -OCH3 is 1. The number of nitrogens with one attached hydrogen (secondary N) is 3. The SMILES string of the molecule is C.C.CNC(=O)c1ccc(-c2cc(Cl)cc(Cl)c2Cl)c(N)n1.CNC(=O)c1ccc(Br)c(F)n1.CNC(=O)c1ccc(Br)c(N)n1.COC(=O)c1ccc(Br)cn1.Cc1cccc(N)n1. The van der Waals surface area contributed by atoms with Gasteiger partial charge >= 0.3 is 5.97 Å². The molecule has 9 N–H and O–H groups in total. The number of hydrogen-bond donors (Lipinski definition) is 6. The minimum Gasteiger partial charge on any atom is -0.464 e. The van der Waals surface area contributed by atoms with Gasteiger partial charge in [0.1, 0.15) is 40.2 Å². The molecule has 0 saturated heterocycles. The summed E-state index contributed by atoms with van der Waals surface area (Å²) in [6.45, 7) is 1.91. The van der Waals surface area contributed by atoms with Gasteiger partial charge in [-0.25, -0.2) is 29.7 Å². The Labute approximate surface area is 416 Å². The van der Waals surface area contributed by atoms with E-state index in [1.807, 2.05) is 19.1 Å². The van der Waals surface area contributed by atoms with Crippen LogP contribution in [0.15, 0.2) is 98.5 Å². The number of halogens is 7. The lowest BCUT2D eigenvalue weighted by atomic mass is 10.1. The molecule has 348 valence electrons. The zero-order valence-electron chi connectivity index (χ0n) is 33.7. The van der Waals surface area contributed by atoms with Crippen molar-refractivity contribution in [3.63, 3.8) is 0 Å². The summed E-state index contributed by atoms with van der Waals surface area (Å²) in [5.41, 5.74) is 19.7. The average Bonchev–Trinajstić information content (AvgIpc) is 3.26. The van der Waals surface area contributed by atoms with E-state index in [0.29, 0.717) is 53.7 Å². The molecule has 0 unspecified atom stereocenters. The highest BCUT2D eigenvalue weighted by molar-refractivity contribution is 9.11. The van der Waals surface area contributed by atoms with E-state index in [9.17, 15) is 23.6 Å². The fourth-order valence-electron chi connectivity index (χ4n) is 4.26. The first kappa shape index (κ1) is 59.5. The number of aromatic nitrogens is 5. The molecule has 0 aliphatic rings. The summed E-state index contributed by atoms with van der Waals surface area (Å²) in [5.74, 6) is -0.991. The summed E-state index contributed by atoms with van der Waals surface area (Å²) in [7, 11) is 5.85. The molecule has 5 aromatic heterocycles. The lowest BCUT2D eigenvalue weighted by Crippen LogP contribution is -2.19. The second-order valence-corrected chi connectivity index (χ2v) is 15.6. The number of rotatable bonds is 5. The zero-order chi connectivity index (χ0) is 47.4. The molecule has 0 fully saturated rings. The highest BCUT2D eigenvalue weighted by Crippen LogP contribution is 2.38. The topological polar surface area (TPSA) is 256 Å². The number of nitrogens with zero attached hydrogens (tertiary/aromatic N) is 5. The zero-order valence-corrected chi connectivity index (χ0v) is 40.8. The Hall–Kier alpha value is -5.51. The third kappa shape index (κ3) is 19.6. The first-order valence-electron chi connectivity index (χ1n) is 17.5. The summed E-state index contributed by atoms with van der Waals surface area (Å²) in [4.78, 5) is 63.4. The molecule has 16 nitrogen and oxygen atoms in total. The molecule has 1 aromatic carbocycles. The number of nitrogens with two attached hydrogens (primary N) is 3. The number of nitrogen functional groups attached to an aromatic ring is 3. The Balaban J connectivity index is 0.000000809. The van der Waals surface area contributed by atoms with E-state index >= 15 is 0 Å². The van der Waals surface area contributed by atoms with Crippen LogP contribution in [-0.2, 0) is 4.74 Å². The molecule has 65 heavy (non-hydrogen) atoms. The smallest absolute Gasteiger partial charge is 0.356 e.